The van der Waals surface area contributed by atoms with E-state index in [1.54, 1.807) is 7.11 Å². The Labute approximate surface area is 171 Å². The fourth-order valence-electron chi connectivity index (χ4n) is 5.60. The summed E-state index contributed by atoms with van der Waals surface area (Å²) in [6.07, 6.45) is 2.35. The largest absolute Gasteiger partial charge is 0.497 e. The van der Waals surface area contributed by atoms with Crippen LogP contribution in [0.1, 0.15) is 60.3 Å². The number of rotatable bonds is 4. The number of benzene rings is 1. The molecule has 6 heteroatoms. The van der Waals surface area contributed by atoms with E-state index in [9.17, 15) is 4.79 Å². The van der Waals surface area contributed by atoms with Gasteiger partial charge in [0.15, 0.2) is 0 Å². The third kappa shape index (κ3) is 3.05. The van der Waals surface area contributed by atoms with E-state index in [-0.39, 0.29) is 17.9 Å². The summed E-state index contributed by atoms with van der Waals surface area (Å²) in [4.78, 5) is 18.1. The van der Waals surface area contributed by atoms with Crippen molar-refractivity contribution < 1.29 is 14.1 Å². The fourth-order valence-corrected chi connectivity index (χ4v) is 5.60. The summed E-state index contributed by atoms with van der Waals surface area (Å²) in [7, 11) is 1.69. The van der Waals surface area contributed by atoms with Gasteiger partial charge in [-0.25, -0.2) is 0 Å². The monoisotopic (exact) mass is 395 g/mol. The normalized spacial score (nSPS) is 30.6. The van der Waals surface area contributed by atoms with E-state index in [1.807, 2.05) is 18.2 Å². The lowest BCUT2D eigenvalue weighted by atomic mass is 9.75. The van der Waals surface area contributed by atoms with Gasteiger partial charge in [-0.3, -0.25) is 9.69 Å². The van der Waals surface area contributed by atoms with Gasteiger partial charge in [0.2, 0.25) is 5.76 Å². The minimum absolute atomic E-state index is 0.0100. The topological polar surface area (TPSA) is 58.8 Å². The molecule has 154 valence electrons. The number of fused-ring (bicyclic) bond motifs is 2. The maximum absolute atomic E-state index is 13.4. The van der Waals surface area contributed by atoms with Crippen molar-refractivity contribution in [1.29, 1.82) is 0 Å². The third-order valence-corrected chi connectivity index (χ3v) is 7.13. The van der Waals surface area contributed by atoms with Crippen molar-refractivity contribution in [3.8, 4) is 5.75 Å². The maximum Gasteiger partial charge on any atom is 0.292 e. The lowest BCUT2D eigenvalue weighted by Crippen LogP contribution is -2.60. The molecular weight excluding hydrogens is 366 g/mol. The van der Waals surface area contributed by atoms with E-state index in [4.69, 9.17) is 9.26 Å². The summed E-state index contributed by atoms with van der Waals surface area (Å²) in [5, 5.41) is 4.11. The van der Waals surface area contributed by atoms with Crippen LogP contribution in [-0.2, 0) is 0 Å². The quantitative estimate of drug-likeness (QED) is 0.793. The zero-order valence-electron chi connectivity index (χ0n) is 17.4. The average molecular weight is 396 g/mol. The molecule has 4 aliphatic rings. The van der Waals surface area contributed by atoms with Crippen LogP contribution in [0.4, 0.5) is 0 Å². The van der Waals surface area contributed by atoms with Crippen molar-refractivity contribution in [3.63, 3.8) is 0 Å². The van der Waals surface area contributed by atoms with Gasteiger partial charge in [0.25, 0.3) is 5.91 Å². The van der Waals surface area contributed by atoms with Crippen LogP contribution in [0.5, 0.6) is 5.75 Å². The Balaban J connectivity index is 1.48. The second kappa shape index (κ2) is 7.17. The highest BCUT2D eigenvalue weighted by molar-refractivity contribution is 5.92. The Morgan fingerprint density at radius 2 is 1.90 bits per heavy atom. The van der Waals surface area contributed by atoms with Crippen LogP contribution in [0.15, 0.2) is 34.9 Å². The molecule has 29 heavy (non-hydrogen) atoms. The molecule has 6 rings (SSSR count). The molecule has 6 nitrogen and oxygen atoms in total. The van der Waals surface area contributed by atoms with Gasteiger partial charge in [-0.1, -0.05) is 31.1 Å². The first kappa shape index (κ1) is 18.7. The molecule has 4 fully saturated rings. The molecule has 0 N–H and O–H groups in total. The summed E-state index contributed by atoms with van der Waals surface area (Å²) >= 11 is 0. The Bertz CT molecular complexity index is 883. The molecule has 5 heterocycles. The molecule has 0 spiro atoms. The highest BCUT2D eigenvalue weighted by Crippen LogP contribution is 2.47. The van der Waals surface area contributed by atoms with Crippen LogP contribution >= 0.6 is 0 Å². The highest BCUT2D eigenvalue weighted by Gasteiger charge is 2.55. The molecule has 1 aromatic heterocycles. The minimum Gasteiger partial charge on any atom is -0.497 e. The van der Waals surface area contributed by atoms with Crippen molar-refractivity contribution in [2.75, 3.05) is 26.7 Å². The van der Waals surface area contributed by atoms with E-state index < -0.39 is 0 Å². The molecule has 2 aromatic rings. The first-order chi connectivity index (χ1) is 14.1. The van der Waals surface area contributed by atoms with Crippen LogP contribution < -0.4 is 4.74 Å². The number of ether oxygens (including phenoxy) is 1. The molecule has 0 radical (unpaired) electrons. The number of methoxy groups -OCH3 is 1. The van der Waals surface area contributed by atoms with E-state index in [0.29, 0.717) is 23.6 Å². The smallest absolute Gasteiger partial charge is 0.292 e. The zero-order valence-corrected chi connectivity index (χ0v) is 17.4. The standard InChI is InChI=1S/C23H29N3O3/c1-14(2)19-12-20(29-24-19)23(27)26-13-18(15-4-6-17(28-3)7-5-15)22-21(26)16-8-10-25(22)11-9-16/h4-7,12,14,16,18,21-22H,8-11,13H2,1-3H3/t18-,21+,22+/m0/s1. The lowest BCUT2D eigenvalue weighted by Gasteiger charge is -2.51. The van der Waals surface area contributed by atoms with Crippen LogP contribution in [0.2, 0.25) is 0 Å². The number of hydrogen-bond donors (Lipinski definition) is 0. The lowest BCUT2D eigenvalue weighted by molar-refractivity contribution is -0.00451. The number of likely N-dealkylation sites (tertiary alicyclic amines) is 1. The summed E-state index contributed by atoms with van der Waals surface area (Å²) in [5.41, 5.74) is 2.12. The third-order valence-electron chi connectivity index (χ3n) is 7.13. The first-order valence-corrected chi connectivity index (χ1v) is 10.7. The number of amides is 1. The van der Waals surface area contributed by atoms with Gasteiger partial charge in [-0.15, -0.1) is 0 Å². The van der Waals surface area contributed by atoms with Crippen LogP contribution in [-0.4, -0.2) is 59.7 Å². The molecule has 2 bridgehead atoms. The van der Waals surface area contributed by atoms with Crippen LogP contribution in [0.25, 0.3) is 0 Å². The number of aromatic nitrogens is 1. The van der Waals surface area contributed by atoms with Crippen LogP contribution in [0.3, 0.4) is 0 Å². The zero-order chi connectivity index (χ0) is 20.1. The molecule has 4 aliphatic heterocycles. The summed E-state index contributed by atoms with van der Waals surface area (Å²) in [6, 6.07) is 10.8. The van der Waals surface area contributed by atoms with Gasteiger partial charge < -0.3 is 14.2 Å². The SMILES string of the molecule is COc1ccc([C@@H]2CN(C(=O)c3cc(C(C)C)no3)[C@@H]3C4CCN(CC4)[C@@H]32)cc1. The predicted molar refractivity (Wildman–Crippen MR) is 109 cm³/mol. The van der Waals surface area contributed by atoms with E-state index in [2.05, 4.69) is 40.9 Å². The number of carbonyl (C=O) groups excluding carboxylic acids is 1. The minimum atomic E-state index is -0.0100. The molecule has 0 saturated carbocycles. The summed E-state index contributed by atoms with van der Waals surface area (Å²) in [5.74, 6) is 2.36. The van der Waals surface area contributed by atoms with E-state index in [1.165, 1.54) is 18.4 Å². The van der Waals surface area contributed by atoms with Crippen molar-refractivity contribution in [2.24, 2.45) is 5.92 Å². The maximum atomic E-state index is 13.4. The second-order valence-electron chi connectivity index (χ2n) is 8.96. The highest BCUT2D eigenvalue weighted by atomic mass is 16.5. The molecule has 1 amide bonds. The summed E-state index contributed by atoms with van der Waals surface area (Å²) < 4.78 is 10.8. The first-order valence-electron chi connectivity index (χ1n) is 10.7. The molecule has 1 aromatic carbocycles. The predicted octanol–water partition coefficient (Wildman–Crippen LogP) is 3.51. The fraction of sp³-hybridized carbons (Fsp3) is 0.565. The number of nitrogens with zero attached hydrogens (tertiary/aromatic N) is 3. The Morgan fingerprint density at radius 1 is 1.17 bits per heavy atom. The van der Waals surface area contributed by atoms with Crippen LogP contribution in [0, 0.1) is 5.92 Å². The van der Waals surface area contributed by atoms with Gasteiger partial charge in [-0.2, -0.15) is 0 Å². The van der Waals surface area contributed by atoms with Gasteiger partial charge >= 0.3 is 0 Å². The second-order valence-corrected chi connectivity index (χ2v) is 8.96. The van der Waals surface area contributed by atoms with Crippen molar-refractivity contribution in [3.05, 3.63) is 47.3 Å². The number of hydrogen-bond acceptors (Lipinski definition) is 5. The molecule has 4 saturated heterocycles. The molecular formula is C23H29N3O3. The van der Waals surface area contributed by atoms with Crippen molar-refractivity contribution in [2.45, 2.75) is 50.6 Å². The van der Waals surface area contributed by atoms with Crippen molar-refractivity contribution in [1.82, 2.24) is 15.0 Å². The van der Waals surface area contributed by atoms with Crippen molar-refractivity contribution >= 4 is 5.91 Å². The van der Waals surface area contributed by atoms with E-state index in [0.717, 1.165) is 31.1 Å². The molecule has 3 atom stereocenters. The Kier molecular flexibility index (Phi) is 4.62. The van der Waals surface area contributed by atoms with Gasteiger partial charge in [-0.05, 0) is 55.5 Å². The average Bonchev–Trinajstić information content (AvgIpc) is 3.41. The number of carbonyl (C=O) groups is 1. The Hall–Kier alpha value is -2.34. The molecule has 0 unspecified atom stereocenters. The Morgan fingerprint density at radius 3 is 2.52 bits per heavy atom. The van der Waals surface area contributed by atoms with Gasteiger partial charge in [0.1, 0.15) is 5.75 Å². The number of piperidine rings is 3. The summed E-state index contributed by atoms with van der Waals surface area (Å²) in [6.45, 7) is 7.13. The van der Waals surface area contributed by atoms with E-state index >= 15 is 0 Å². The molecule has 0 aliphatic carbocycles. The van der Waals surface area contributed by atoms with Gasteiger partial charge in [0, 0.05) is 24.6 Å². The van der Waals surface area contributed by atoms with Gasteiger partial charge in [0.05, 0.1) is 18.8 Å².